The molecule has 0 aliphatic heterocycles. The van der Waals surface area contributed by atoms with E-state index < -0.39 is 0 Å². The van der Waals surface area contributed by atoms with E-state index in [9.17, 15) is 4.79 Å². The number of carbonyl (C=O) groups excluding carboxylic acids is 1. The number of nitrogens with zero attached hydrogens (tertiary/aromatic N) is 1. The van der Waals surface area contributed by atoms with Gasteiger partial charge in [-0.2, -0.15) is 0 Å². The van der Waals surface area contributed by atoms with Crippen LogP contribution in [-0.4, -0.2) is 17.9 Å². The van der Waals surface area contributed by atoms with E-state index in [0.717, 1.165) is 0 Å². The number of carbonyl (C=O) groups is 1. The van der Waals surface area contributed by atoms with E-state index in [-0.39, 0.29) is 12.2 Å². The highest BCUT2D eigenvalue weighted by Crippen LogP contribution is 2.26. The van der Waals surface area contributed by atoms with Crippen LogP contribution in [0.25, 0.3) is 0 Å². The Bertz CT molecular complexity index is 594. The largest absolute Gasteiger partial charge is 0.480 e. The van der Waals surface area contributed by atoms with Crippen molar-refractivity contribution in [2.45, 2.75) is 6.42 Å². The first-order valence-electron chi connectivity index (χ1n) is 5.58. The van der Waals surface area contributed by atoms with Crippen molar-refractivity contribution in [3.8, 4) is 5.88 Å². The molecule has 5 heteroatoms. The highest BCUT2D eigenvalue weighted by atomic mass is 35.5. The first kappa shape index (κ1) is 13.8. The van der Waals surface area contributed by atoms with Gasteiger partial charge in [-0.25, -0.2) is 4.98 Å². The van der Waals surface area contributed by atoms with Gasteiger partial charge in [0.25, 0.3) is 0 Å². The number of hydrogen-bond acceptors (Lipinski definition) is 3. The summed E-state index contributed by atoms with van der Waals surface area (Å²) in [7, 11) is 1.47. The van der Waals surface area contributed by atoms with Crippen molar-refractivity contribution in [2.24, 2.45) is 0 Å². The Hall–Kier alpha value is -1.58. The van der Waals surface area contributed by atoms with Crippen LogP contribution in [0.1, 0.15) is 15.9 Å². The van der Waals surface area contributed by atoms with Crippen molar-refractivity contribution < 1.29 is 9.53 Å². The van der Waals surface area contributed by atoms with Gasteiger partial charge in [-0.1, -0.05) is 29.3 Å². The minimum atomic E-state index is -0.139. The molecule has 0 aliphatic carbocycles. The molecule has 1 aromatic heterocycles. The number of benzene rings is 1. The number of ketones is 1. The Labute approximate surface area is 121 Å². The Balaban J connectivity index is 2.31. The molecule has 1 heterocycles. The summed E-state index contributed by atoms with van der Waals surface area (Å²) >= 11 is 12.1. The van der Waals surface area contributed by atoms with Gasteiger partial charge < -0.3 is 4.74 Å². The van der Waals surface area contributed by atoms with Gasteiger partial charge in [-0.05, 0) is 29.8 Å². The summed E-state index contributed by atoms with van der Waals surface area (Å²) in [6.07, 6.45) is 1.68. The zero-order chi connectivity index (χ0) is 13.8. The van der Waals surface area contributed by atoms with Gasteiger partial charge in [-0.3, -0.25) is 4.79 Å². The van der Waals surface area contributed by atoms with E-state index in [0.29, 0.717) is 27.1 Å². The van der Waals surface area contributed by atoms with Crippen LogP contribution in [0.3, 0.4) is 0 Å². The molecule has 0 amide bonds. The molecular formula is C14H11Cl2NO2. The van der Waals surface area contributed by atoms with Crippen LogP contribution in [0.15, 0.2) is 36.5 Å². The summed E-state index contributed by atoms with van der Waals surface area (Å²) in [6, 6.07) is 8.50. The summed E-state index contributed by atoms with van der Waals surface area (Å²) in [5.74, 6) is 0.163. The lowest BCUT2D eigenvalue weighted by Crippen LogP contribution is -2.07. The molecule has 0 spiro atoms. The van der Waals surface area contributed by atoms with Gasteiger partial charge in [0.05, 0.1) is 12.7 Å². The van der Waals surface area contributed by atoms with Crippen molar-refractivity contribution in [3.63, 3.8) is 0 Å². The number of rotatable bonds is 4. The standard InChI is InChI=1S/C14H11Cl2NO2/c1-19-14-9(4-3-7-17-14)13(18)8-10-11(15)5-2-6-12(10)16/h2-7H,8H2,1H3. The molecule has 0 atom stereocenters. The van der Waals surface area contributed by atoms with Crippen LogP contribution < -0.4 is 4.74 Å². The monoisotopic (exact) mass is 295 g/mol. The molecular weight excluding hydrogens is 285 g/mol. The van der Waals surface area contributed by atoms with Gasteiger partial charge in [-0.15, -0.1) is 0 Å². The molecule has 1 aromatic carbocycles. The maximum Gasteiger partial charge on any atom is 0.224 e. The molecule has 0 saturated carbocycles. The van der Waals surface area contributed by atoms with Crippen molar-refractivity contribution in [3.05, 3.63) is 57.7 Å². The number of aromatic nitrogens is 1. The molecule has 0 fully saturated rings. The van der Waals surface area contributed by atoms with Crippen LogP contribution in [0, 0.1) is 0 Å². The molecule has 0 saturated heterocycles. The molecule has 3 nitrogen and oxygen atoms in total. The molecule has 0 aliphatic rings. The molecule has 2 aromatic rings. The van der Waals surface area contributed by atoms with Crippen LogP contribution in [0.4, 0.5) is 0 Å². The summed E-state index contributed by atoms with van der Waals surface area (Å²) in [5, 5.41) is 0.951. The van der Waals surface area contributed by atoms with Gasteiger partial charge >= 0.3 is 0 Å². The van der Waals surface area contributed by atoms with E-state index in [1.807, 2.05) is 0 Å². The van der Waals surface area contributed by atoms with Crippen LogP contribution in [0.5, 0.6) is 5.88 Å². The first-order chi connectivity index (χ1) is 9.13. The van der Waals surface area contributed by atoms with Crippen LogP contribution in [-0.2, 0) is 6.42 Å². The van der Waals surface area contributed by atoms with E-state index in [4.69, 9.17) is 27.9 Å². The summed E-state index contributed by atoms with van der Waals surface area (Å²) < 4.78 is 5.07. The number of Topliss-reactive ketones (excluding diaryl/α,β-unsaturated/α-hetero) is 1. The Kier molecular flexibility index (Phi) is 4.40. The lowest BCUT2D eigenvalue weighted by molar-refractivity contribution is 0.0989. The minimum absolute atomic E-state index is 0.112. The van der Waals surface area contributed by atoms with Gasteiger partial charge in [0, 0.05) is 22.7 Å². The third kappa shape index (κ3) is 3.06. The summed E-state index contributed by atoms with van der Waals surface area (Å²) in [5.41, 5.74) is 1.03. The van der Waals surface area contributed by atoms with E-state index in [1.54, 1.807) is 36.5 Å². The average molecular weight is 296 g/mol. The highest BCUT2D eigenvalue weighted by Gasteiger charge is 2.16. The number of hydrogen-bond donors (Lipinski definition) is 0. The second-order valence-corrected chi connectivity index (χ2v) is 4.67. The number of ether oxygens (including phenoxy) is 1. The predicted octanol–water partition coefficient (Wildman–Crippen LogP) is 3.82. The van der Waals surface area contributed by atoms with E-state index >= 15 is 0 Å². The zero-order valence-electron chi connectivity index (χ0n) is 10.2. The Morgan fingerprint density at radius 1 is 1.21 bits per heavy atom. The number of methoxy groups -OCH3 is 1. The smallest absolute Gasteiger partial charge is 0.224 e. The van der Waals surface area contributed by atoms with Crippen molar-refractivity contribution >= 4 is 29.0 Å². The average Bonchev–Trinajstić information content (AvgIpc) is 2.42. The maximum absolute atomic E-state index is 12.3. The molecule has 0 N–H and O–H groups in total. The predicted molar refractivity (Wildman–Crippen MR) is 75.3 cm³/mol. The van der Waals surface area contributed by atoms with Gasteiger partial charge in [0.2, 0.25) is 5.88 Å². The third-order valence-corrected chi connectivity index (χ3v) is 3.37. The SMILES string of the molecule is COc1ncccc1C(=O)Cc1c(Cl)cccc1Cl. The van der Waals surface area contributed by atoms with Crippen LogP contribution >= 0.6 is 23.2 Å². The molecule has 0 bridgehead atoms. The third-order valence-electron chi connectivity index (χ3n) is 2.66. The normalized spacial score (nSPS) is 10.3. The molecule has 98 valence electrons. The topological polar surface area (TPSA) is 39.2 Å². The maximum atomic E-state index is 12.3. The molecule has 0 radical (unpaired) electrons. The lowest BCUT2D eigenvalue weighted by atomic mass is 10.0. The molecule has 19 heavy (non-hydrogen) atoms. The Morgan fingerprint density at radius 3 is 2.53 bits per heavy atom. The lowest BCUT2D eigenvalue weighted by Gasteiger charge is -2.08. The number of pyridine rings is 1. The fraction of sp³-hybridized carbons (Fsp3) is 0.143. The second-order valence-electron chi connectivity index (χ2n) is 3.86. The minimum Gasteiger partial charge on any atom is -0.480 e. The second kappa shape index (κ2) is 6.04. The first-order valence-corrected chi connectivity index (χ1v) is 6.34. The molecule has 0 unspecified atom stereocenters. The quantitative estimate of drug-likeness (QED) is 0.805. The van der Waals surface area contributed by atoms with Gasteiger partial charge in [0.15, 0.2) is 5.78 Å². The Morgan fingerprint density at radius 2 is 1.89 bits per heavy atom. The fourth-order valence-corrected chi connectivity index (χ4v) is 2.25. The van der Waals surface area contributed by atoms with Crippen molar-refractivity contribution in [2.75, 3.05) is 7.11 Å². The van der Waals surface area contributed by atoms with Crippen molar-refractivity contribution in [1.29, 1.82) is 0 Å². The zero-order valence-corrected chi connectivity index (χ0v) is 11.7. The fourth-order valence-electron chi connectivity index (χ4n) is 1.72. The summed E-state index contributed by atoms with van der Waals surface area (Å²) in [6.45, 7) is 0. The van der Waals surface area contributed by atoms with E-state index in [1.165, 1.54) is 7.11 Å². The number of halogens is 2. The summed E-state index contributed by atoms with van der Waals surface area (Å²) in [4.78, 5) is 16.3. The van der Waals surface area contributed by atoms with E-state index in [2.05, 4.69) is 4.98 Å². The van der Waals surface area contributed by atoms with Gasteiger partial charge in [0.1, 0.15) is 0 Å². The highest BCUT2D eigenvalue weighted by molar-refractivity contribution is 6.36. The molecule has 2 rings (SSSR count). The van der Waals surface area contributed by atoms with Crippen molar-refractivity contribution in [1.82, 2.24) is 4.98 Å². The van der Waals surface area contributed by atoms with Crippen LogP contribution in [0.2, 0.25) is 10.0 Å².